The van der Waals surface area contributed by atoms with Crippen LogP contribution in [0, 0.1) is 0 Å². The first-order valence-electron chi connectivity index (χ1n) is 21.1. The van der Waals surface area contributed by atoms with Crippen LogP contribution in [0.15, 0.2) is 109 Å². The Morgan fingerprint density at radius 3 is 2.02 bits per heavy atom. The minimum absolute atomic E-state index is 0.0899. The number of carbonyl (C=O) groups is 2. The smallest absolute Gasteiger partial charge is 0.245 e. The second kappa shape index (κ2) is 16.2. The molecular weight excluding hydrogens is 721 g/mol. The molecule has 10 nitrogen and oxygen atoms in total. The van der Waals surface area contributed by atoms with Crippen molar-refractivity contribution in [3.05, 3.63) is 132 Å². The number of carbonyl (C=O) groups excluding carboxylic acids is 2. The molecule has 2 fully saturated rings. The van der Waals surface area contributed by atoms with E-state index in [1.54, 1.807) is 0 Å². The van der Waals surface area contributed by atoms with Gasteiger partial charge in [-0.25, -0.2) is 9.97 Å². The Kier molecular flexibility index (Phi) is 10.5. The lowest BCUT2D eigenvalue weighted by Crippen LogP contribution is -2.43. The summed E-state index contributed by atoms with van der Waals surface area (Å²) in [6, 6.07) is 36.4. The van der Waals surface area contributed by atoms with Gasteiger partial charge in [-0.15, -0.1) is 0 Å². The maximum Gasteiger partial charge on any atom is 0.245 e. The van der Waals surface area contributed by atoms with E-state index in [1.807, 2.05) is 60.4 Å². The van der Waals surface area contributed by atoms with Gasteiger partial charge < -0.3 is 25.1 Å². The van der Waals surface area contributed by atoms with Gasteiger partial charge in [-0.1, -0.05) is 106 Å². The van der Waals surface area contributed by atoms with Crippen LogP contribution in [0.2, 0.25) is 0 Å². The van der Waals surface area contributed by atoms with Gasteiger partial charge >= 0.3 is 0 Å². The summed E-state index contributed by atoms with van der Waals surface area (Å²) in [4.78, 5) is 52.1. The van der Waals surface area contributed by atoms with E-state index >= 15 is 0 Å². The number of nitrogens with one attached hydrogen (secondary N) is 3. The SMILES string of the molecule is CCN[C@@H](C(=O)N1CCC[C@H]1c1nc2ccc(-c3ccc4c(ccc5[nH]c([C@@H]6CCCN6C(=O)[C@@H](c6ccccc6)N(CC)CC)nc54)c3)cc2[nH]1)c1ccccc1. The predicted octanol–water partition coefficient (Wildman–Crippen LogP) is 9.02. The minimum Gasteiger partial charge on any atom is -0.340 e. The maximum absolute atomic E-state index is 14.4. The number of H-pyrrole nitrogens is 2. The normalized spacial score (nSPS) is 18.2. The van der Waals surface area contributed by atoms with Crippen molar-refractivity contribution in [3.63, 3.8) is 0 Å². The van der Waals surface area contributed by atoms with Crippen LogP contribution >= 0.6 is 0 Å². The van der Waals surface area contributed by atoms with E-state index in [0.717, 1.165) is 112 Å². The number of benzene rings is 5. The van der Waals surface area contributed by atoms with Crippen LogP contribution in [-0.2, 0) is 9.59 Å². The Bertz CT molecular complexity index is 2560. The Labute approximate surface area is 339 Å². The molecule has 0 spiro atoms. The van der Waals surface area contributed by atoms with Gasteiger partial charge in [0.25, 0.3) is 0 Å². The molecule has 10 heteroatoms. The number of likely N-dealkylation sites (tertiary alicyclic amines) is 2. The van der Waals surface area contributed by atoms with Crippen molar-refractivity contribution >= 4 is 44.7 Å². The van der Waals surface area contributed by atoms with Gasteiger partial charge in [0.05, 0.1) is 34.2 Å². The number of amides is 2. The van der Waals surface area contributed by atoms with Crippen molar-refractivity contribution in [2.45, 2.75) is 70.6 Å². The molecule has 3 N–H and O–H groups in total. The van der Waals surface area contributed by atoms with E-state index < -0.39 is 0 Å². The average Bonchev–Trinajstić information content (AvgIpc) is 4.10. The first-order valence-corrected chi connectivity index (χ1v) is 21.1. The Balaban J connectivity index is 0.969. The van der Waals surface area contributed by atoms with E-state index in [0.29, 0.717) is 13.1 Å². The molecule has 2 aromatic heterocycles. The van der Waals surface area contributed by atoms with Gasteiger partial charge in [0.1, 0.15) is 23.7 Å². The van der Waals surface area contributed by atoms with Crippen molar-refractivity contribution in [2.75, 3.05) is 32.7 Å². The number of hydrogen-bond donors (Lipinski definition) is 3. The van der Waals surface area contributed by atoms with Crippen LogP contribution in [0.5, 0.6) is 0 Å². The molecule has 0 unspecified atom stereocenters. The fourth-order valence-corrected chi connectivity index (χ4v) is 9.41. The monoisotopic (exact) mass is 772 g/mol. The summed E-state index contributed by atoms with van der Waals surface area (Å²) in [5.41, 5.74) is 7.95. The number of hydrogen-bond acceptors (Lipinski definition) is 6. The molecular formula is C48H52N8O2. The van der Waals surface area contributed by atoms with E-state index in [4.69, 9.17) is 9.97 Å². The molecule has 2 aliphatic rings. The van der Waals surface area contributed by atoms with Crippen LogP contribution in [-0.4, -0.2) is 79.2 Å². The molecule has 0 radical (unpaired) electrons. The van der Waals surface area contributed by atoms with E-state index in [2.05, 4.69) is 99.6 Å². The highest BCUT2D eigenvalue weighted by molar-refractivity contribution is 6.05. The molecule has 58 heavy (non-hydrogen) atoms. The van der Waals surface area contributed by atoms with Crippen LogP contribution in [0.4, 0.5) is 0 Å². The zero-order valence-corrected chi connectivity index (χ0v) is 33.6. The summed E-state index contributed by atoms with van der Waals surface area (Å²) in [6.45, 7) is 10.0. The van der Waals surface area contributed by atoms with Crippen LogP contribution in [0.1, 0.15) is 93.4 Å². The van der Waals surface area contributed by atoms with Gasteiger partial charge in [0.15, 0.2) is 0 Å². The number of aromatic nitrogens is 4. The van der Waals surface area contributed by atoms with Crippen molar-refractivity contribution in [2.24, 2.45) is 0 Å². The van der Waals surface area contributed by atoms with Crippen molar-refractivity contribution < 1.29 is 9.59 Å². The van der Waals surface area contributed by atoms with Gasteiger partial charge in [-0.05, 0) is 97.2 Å². The fourth-order valence-electron chi connectivity index (χ4n) is 9.41. The third kappa shape index (κ3) is 6.94. The molecule has 2 saturated heterocycles. The van der Waals surface area contributed by atoms with E-state index in [1.165, 1.54) is 0 Å². The Morgan fingerprint density at radius 1 is 0.707 bits per heavy atom. The predicted molar refractivity (Wildman–Crippen MR) is 231 cm³/mol. The topological polar surface area (TPSA) is 113 Å². The number of nitrogens with zero attached hydrogens (tertiary/aromatic N) is 5. The highest BCUT2D eigenvalue weighted by Gasteiger charge is 2.39. The molecule has 9 rings (SSSR count). The highest BCUT2D eigenvalue weighted by Crippen LogP contribution is 2.38. The van der Waals surface area contributed by atoms with Crippen LogP contribution in [0.3, 0.4) is 0 Å². The standard InChI is InChI=1S/C48H52N8O2/c1-4-49-42(31-15-9-7-10-16-31)47(57)55-27-13-19-40(55)45-50-37-25-22-34(30-39(37)52-45)33-21-24-36-35(29-33)23-26-38-43(36)53-46(51-38)41-20-14-28-56(41)48(58)44(54(5-2)6-3)32-17-11-8-12-18-32/h7-12,15-18,21-26,29-30,40-42,44,49H,4-6,13-14,19-20,27-28H2,1-3H3,(H,50,52)(H,51,53)/t40-,41-,42+,44+/m0/s1. The van der Waals surface area contributed by atoms with Crippen LogP contribution in [0.25, 0.3) is 44.0 Å². The van der Waals surface area contributed by atoms with Crippen molar-refractivity contribution in [3.8, 4) is 11.1 Å². The molecule has 0 aliphatic carbocycles. The minimum atomic E-state index is -0.387. The molecule has 0 bridgehead atoms. The first kappa shape index (κ1) is 37.7. The lowest BCUT2D eigenvalue weighted by atomic mass is 10.0. The van der Waals surface area contributed by atoms with Gasteiger partial charge in [0.2, 0.25) is 11.8 Å². The van der Waals surface area contributed by atoms with Gasteiger partial charge in [-0.3, -0.25) is 14.5 Å². The molecule has 4 heterocycles. The van der Waals surface area contributed by atoms with Gasteiger partial charge in [-0.2, -0.15) is 0 Å². The second-order valence-corrected chi connectivity index (χ2v) is 15.7. The lowest BCUT2D eigenvalue weighted by Gasteiger charge is -2.34. The number of aromatic amines is 2. The van der Waals surface area contributed by atoms with Gasteiger partial charge in [0, 0.05) is 18.5 Å². The molecule has 5 aromatic carbocycles. The summed E-state index contributed by atoms with van der Waals surface area (Å²) in [6.07, 6.45) is 3.64. The molecule has 2 aliphatic heterocycles. The van der Waals surface area contributed by atoms with Crippen molar-refractivity contribution in [1.29, 1.82) is 0 Å². The molecule has 4 atom stereocenters. The van der Waals surface area contributed by atoms with Crippen LogP contribution < -0.4 is 5.32 Å². The summed E-state index contributed by atoms with van der Waals surface area (Å²) in [5.74, 6) is 1.92. The molecule has 0 saturated carbocycles. The van der Waals surface area contributed by atoms with Crippen molar-refractivity contribution in [1.82, 2.24) is 40.0 Å². The molecule has 7 aromatic rings. The maximum atomic E-state index is 14.4. The summed E-state index contributed by atoms with van der Waals surface area (Å²) >= 11 is 0. The molecule has 2 amide bonds. The Morgan fingerprint density at radius 2 is 1.33 bits per heavy atom. The quantitative estimate of drug-likeness (QED) is 0.114. The van der Waals surface area contributed by atoms with E-state index in [9.17, 15) is 9.59 Å². The second-order valence-electron chi connectivity index (χ2n) is 15.7. The number of fused-ring (bicyclic) bond motifs is 4. The fraction of sp³-hybridized carbons (Fsp3) is 0.333. The number of rotatable bonds is 12. The third-order valence-corrected chi connectivity index (χ3v) is 12.3. The summed E-state index contributed by atoms with van der Waals surface area (Å²) < 4.78 is 0. The average molecular weight is 773 g/mol. The zero-order chi connectivity index (χ0) is 39.8. The molecule has 296 valence electrons. The lowest BCUT2D eigenvalue weighted by molar-refractivity contribution is -0.138. The number of likely N-dealkylation sites (N-methyl/N-ethyl adjacent to an activating group) is 2. The number of imidazole rings is 2. The zero-order valence-electron chi connectivity index (χ0n) is 33.6. The first-order chi connectivity index (χ1) is 28.4. The summed E-state index contributed by atoms with van der Waals surface area (Å²) in [7, 11) is 0. The Hall–Kier alpha value is -5.84. The largest absolute Gasteiger partial charge is 0.340 e. The third-order valence-electron chi connectivity index (χ3n) is 12.3. The summed E-state index contributed by atoms with van der Waals surface area (Å²) in [5, 5.41) is 5.59. The van der Waals surface area contributed by atoms with E-state index in [-0.39, 0.29) is 36.0 Å². The highest BCUT2D eigenvalue weighted by atomic mass is 16.2.